The molecule has 4 N–H and O–H groups in total. The lowest BCUT2D eigenvalue weighted by Gasteiger charge is -2.09. The van der Waals surface area contributed by atoms with Crippen molar-refractivity contribution >= 4 is 21.6 Å². The van der Waals surface area contributed by atoms with Gasteiger partial charge in [-0.15, -0.1) is 0 Å². The van der Waals surface area contributed by atoms with E-state index in [9.17, 15) is 17.6 Å². The number of amides is 1. The molecule has 0 aromatic heterocycles. The Bertz CT molecular complexity index is 599. The van der Waals surface area contributed by atoms with Crippen LogP contribution in [0.25, 0.3) is 0 Å². The molecule has 0 saturated heterocycles. The summed E-state index contributed by atoms with van der Waals surface area (Å²) in [5, 5.41) is 2.63. The Kier molecular flexibility index (Phi) is 3.72. The molecule has 0 unspecified atom stereocenters. The first-order chi connectivity index (χ1) is 8.88. The molecule has 0 aliphatic heterocycles. The molecule has 8 heteroatoms. The van der Waals surface area contributed by atoms with Gasteiger partial charge < -0.3 is 11.1 Å². The van der Waals surface area contributed by atoms with Gasteiger partial charge in [-0.25, -0.2) is 17.5 Å². The fourth-order valence-corrected chi connectivity index (χ4v) is 2.61. The number of carbonyl (C=O) groups excluding carboxylic acids is 1. The Hall–Kier alpha value is -1.67. The predicted octanol–water partition coefficient (Wildman–Crippen LogP) is -0.0352. The average Bonchev–Trinajstić information content (AvgIpc) is 3.14. The van der Waals surface area contributed by atoms with Crippen molar-refractivity contribution < 1.29 is 17.6 Å². The highest BCUT2D eigenvalue weighted by atomic mass is 32.2. The zero-order valence-corrected chi connectivity index (χ0v) is 10.8. The van der Waals surface area contributed by atoms with Crippen LogP contribution in [0.3, 0.4) is 0 Å². The highest BCUT2D eigenvalue weighted by Gasteiger charge is 2.24. The number of sulfonamides is 1. The Morgan fingerprint density at radius 1 is 1.42 bits per heavy atom. The fraction of sp³-hybridized carbons (Fsp3) is 0.364. The Morgan fingerprint density at radius 3 is 2.74 bits per heavy atom. The average molecular weight is 287 g/mol. The first-order valence-corrected chi connectivity index (χ1v) is 7.21. The molecular formula is C11H14FN3O3S. The van der Waals surface area contributed by atoms with E-state index >= 15 is 0 Å². The molecule has 2 rings (SSSR count). The summed E-state index contributed by atoms with van der Waals surface area (Å²) in [6, 6.07) is 3.19. The van der Waals surface area contributed by atoms with Crippen molar-refractivity contribution in [3.63, 3.8) is 0 Å². The standard InChI is InChI=1S/C11H14FN3O3S/c12-7-1-4-9(13)10(5-7)19(17,18)14-6-11(16)15-8-2-3-8/h1,4-5,8,14H,2-3,6,13H2,(H,15,16). The topological polar surface area (TPSA) is 101 Å². The first-order valence-electron chi connectivity index (χ1n) is 5.72. The molecular weight excluding hydrogens is 273 g/mol. The summed E-state index contributed by atoms with van der Waals surface area (Å²) >= 11 is 0. The fourth-order valence-electron chi connectivity index (χ4n) is 1.49. The number of benzene rings is 1. The number of nitrogen functional groups attached to an aromatic ring is 1. The first kappa shape index (κ1) is 13.8. The minimum Gasteiger partial charge on any atom is -0.398 e. The Morgan fingerprint density at radius 2 is 2.11 bits per heavy atom. The van der Waals surface area contributed by atoms with E-state index in [0.717, 1.165) is 31.0 Å². The van der Waals surface area contributed by atoms with E-state index in [4.69, 9.17) is 5.73 Å². The second-order valence-electron chi connectivity index (χ2n) is 4.35. The molecule has 1 aliphatic carbocycles. The summed E-state index contributed by atoms with van der Waals surface area (Å²) in [7, 11) is -4.00. The highest BCUT2D eigenvalue weighted by Crippen LogP contribution is 2.19. The summed E-state index contributed by atoms with van der Waals surface area (Å²) in [6.07, 6.45) is 1.82. The third kappa shape index (κ3) is 3.65. The molecule has 1 aliphatic rings. The van der Waals surface area contributed by atoms with Gasteiger partial charge in [0.15, 0.2) is 0 Å². The molecule has 6 nitrogen and oxygen atoms in total. The minimum atomic E-state index is -4.00. The van der Waals surface area contributed by atoms with Crippen LogP contribution in [0.1, 0.15) is 12.8 Å². The second kappa shape index (κ2) is 5.14. The van der Waals surface area contributed by atoms with E-state index in [0.29, 0.717) is 0 Å². The van der Waals surface area contributed by atoms with Crippen molar-refractivity contribution in [1.29, 1.82) is 0 Å². The summed E-state index contributed by atoms with van der Waals surface area (Å²) in [4.78, 5) is 11.0. The third-order valence-electron chi connectivity index (χ3n) is 2.63. The van der Waals surface area contributed by atoms with E-state index in [1.807, 2.05) is 0 Å². The van der Waals surface area contributed by atoms with E-state index in [1.54, 1.807) is 0 Å². The van der Waals surface area contributed by atoms with E-state index in [2.05, 4.69) is 10.0 Å². The predicted molar refractivity (Wildman–Crippen MR) is 67.2 cm³/mol. The van der Waals surface area contributed by atoms with Crippen LogP contribution >= 0.6 is 0 Å². The SMILES string of the molecule is Nc1ccc(F)cc1S(=O)(=O)NCC(=O)NC1CC1. The minimum absolute atomic E-state index is 0.0727. The molecule has 1 aromatic carbocycles. The van der Waals surface area contributed by atoms with Crippen LogP contribution in [-0.2, 0) is 14.8 Å². The van der Waals surface area contributed by atoms with Crippen LogP contribution in [0.4, 0.5) is 10.1 Å². The van der Waals surface area contributed by atoms with Crippen molar-refractivity contribution in [2.45, 2.75) is 23.8 Å². The van der Waals surface area contributed by atoms with E-state index < -0.39 is 28.3 Å². The number of carbonyl (C=O) groups is 1. The Balaban J connectivity index is 2.04. The largest absolute Gasteiger partial charge is 0.398 e. The molecule has 0 spiro atoms. The van der Waals surface area contributed by atoms with Gasteiger partial charge >= 0.3 is 0 Å². The molecule has 1 amide bonds. The quantitative estimate of drug-likeness (QED) is 0.662. The van der Waals surface area contributed by atoms with Crippen LogP contribution in [-0.4, -0.2) is 26.9 Å². The van der Waals surface area contributed by atoms with Gasteiger partial charge in [0.05, 0.1) is 12.2 Å². The lowest BCUT2D eigenvalue weighted by molar-refractivity contribution is -0.120. The molecule has 1 saturated carbocycles. The van der Waals surface area contributed by atoms with Gasteiger partial charge in [-0.2, -0.15) is 0 Å². The Labute approximate surface area is 110 Å². The maximum absolute atomic E-state index is 13.0. The van der Waals surface area contributed by atoms with E-state index in [-0.39, 0.29) is 16.6 Å². The third-order valence-corrected chi connectivity index (χ3v) is 4.09. The molecule has 0 radical (unpaired) electrons. The van der Waals surface area contributed by atoms with Crippen molar-refractivity contribution in [3.8, 4) is 0 Å². The smallest absolute Gasteiger partial charge is 0.243 e. The van der Waals surface area contributed by atoms with Gasteiger partial charge in [0.25, 0.3) is 0 Å². The lowest BCUT2D eigenvalue weighted by atomic mass is 10.3. The molecule has 104 valence electrons. The maximum atomic E-state index is 13.0. The van der Waals surface area contributed by atoms with Crippen LogP contribution in [0.5, 0.6) is 0 Å². The van der Waals surface area contributed by atoms with Crippen LogP contribution < -0.4 is 15.8 Å². The van der Waals surface area contributed by atoms with Gasteiger partial charge in [-0.3, -0.25) is 4.79 Å². The van der Waals surface area contributed by atoms with Crippen molar-refractivity contribution in [2.24, 2.45) is 0 Å². The monoisotopic (exact) mass is 287 g/mol. The van der Waals surface area contributed by atoms with Crippen LogP contribution in [0, 0.1) is 5.82 Å². The van der Waals surface area contributed by atoms with Gasteiger partial charge in [-0.05, 0) is 31.0 Å². The van der Waals surface area contributed by atoms with E-state index in [1.165, 1.54) is 0 Å². The van der Waals surface area contributed by atoms with Gasteiger partial charge in [0, 0.05) is 6.04 Å². The lowest BCUT2D eigenvalue weighted by Crippen LogP contribution is -2.38. The molecule has 19 heavy (non-hydrogen) atoms. The summed E-state index contributed by atoms with van der Waals surface area (Å²) < 4.78 is 38.9. The normalized spacial score (nSPS) is 15.2. The van der Waals surface area contributed by atoms with Gasteiger partial charge in [-0.1, -0.05) is 0 Å². The van der Waals surface area contributed by atoms with Crippen LogP contribution in [0.15, 0.2) is 23.1 Å². The van der Waals surface area contributed by atoms with Gasteiger partial charge in [0.1, 0.15) is 10.7 Å². The number of hydrogen-bond acceptors (Lipinski definition) is 4. The van der Waals surface area contributed by atoms with Gasteiger partial charge in [0.2, 0.25) is 15.9 Å². The maximum Gasteiger partial charge on any atom is 0.243 e. The van der Waals surface area contributed by atoms with Crippen molar-refractivity contribution in [1.82, 2.24) is 10.0 Å². The number of halogens is 1. The molecule has 0 atom stereocenters. The van der Waals surface area contributed by atoms with Crippen LogP contribution in [0.2, 0.25) is 0 Å². The molecule has 0 heterocycles. The molecule has 1 fully saturated rings. The summed E-state index contributed by atoms with van der Waals surface area (Å²) in [6.45, 7) is -0.394. The zero-order valence-electron chi connectivity index (χ0n) is 10.0. The zero-order chi connectivity index (χ0) is 14.0. The number of hydrogen-bond donors (Lipinski definition) is 3. The summed E-state index contributed by atoms with van der Waals surface area (Å²) in [5.74, 6) is -1.13. The number of rotatable bonds is 5. The molecule has 0 bridgehead atoms. The second-order valence-corrected chi connectivity index (χ2v) is 6.08. The molecule has 1 aromatic rings. The number of nitrogens with one attached hydrogen (secondary N) is 2. The van der Waals surface area contributed by atoms with Crippen molar-refractivity contribution in [3.05, 3.63) is 24.0 Å². The van der Waals surface area contributed by atoms with Crippen molar-refractivity contribution in [2.75, 3.05) is 12.3 Å². The number of anilines is 1. The highest BCUT2D eigenvalue weighted by molar-refractivity contribution is 7.89. The number of nitrogens with two attached hydrogens (primary N) is 1. The summed E-state index contributed by atoms with van der Waals surface area (Å²) in [5.41, 5.74) is 5.41.